The van der Waals surface area contributed by atoms with Gasteiger partial charge in [0, 0.05) is 32.2 Å². The fraction of sp³-hybridized carbons (Fsp3) is 0.632. The molecule has 1 heterocycles. The Morgan fingerprint density at radius 3 is 2.56 bits per heavy atom. The van der Waals surface area contributed by atoms with E-state index in [0.29, 0.717) is 5.41 Å². The maximum atomic E-state index is 5.54. The van der Waals surface area contributed by atoms with Crippen molar-refractivity contribution in [2.45, 2.75) is 26.3 Å². The third-order valence-electron chi connectivity index (χ3n) is 4.76. The second-order valence-corrected chi connectivity index (χ2v) is 7.49. The minimum absolute atomic E-state index is 0. The first-order valence-corrected chi connectivity index (χ1v) is 8.63. The summed E-state index contributed by atoms with van der Waals surface area (Å²) in [5, 5.41) is 3.56. The van der Waals surface area contributed by atoms with Crippen molar-refractivity contribution >= 4 is 29.9 Å². The molecular formula is C19H33IN4O. The second kappa shape index (κ2) is 9.62. The van der Waals surface area contributed by atoms with Gasteiger partial charge in [0.2, 0.25) is 0 Å². The van der Waals surface area contributed by atoms with E-state index in [-0.39, 0.29) is 30.0 Å². The van der Waals surface area contributed by atoms with E-state index in [1.54, 1.807) is 7.11 Å². The van der Waals surface area contributed by atoms with Gasteiger partial charge >= 0.3 is 0 Å². The molecule has 1 atom stereocenters. The molecule has 5 nitrogen and oxygen atoms in total. The largest absolute Gasteiger partial charge is 0.496 e. The smallest absolute Gasteiger partial charge is 0.193 e. The fourth-order valence-electron chi connectivity index (χ4n) is 3.33. The first-order chi connectivity index (χ1) is 11.4. The number of rotatable bonds is 5. The third kappa shape index (κ3) is 5.74. The first kappa shape index (κ1) is 22.0. The molecule has 1 fully saturated rings. The summed E-state index contributed by atoms with van der Waals surface area (Å²) in [6.07, 6.45) is 1.21. The number of para-hydroxylation sites is 1. The van der Waals surface area contributed by atoms with Crippen molar-refractivity contribution in [1.82, 2.24) is 15.1 Å². The average molecular weight is 460 g/mol. The van der Waals surface area contributed by atoms with Crippen molar-refractivity contribution in [3.63, 3.8) is 0 Å². The SMILES string of the molecule is CN=C(NCC(c1ccccc1OC)N(C)C)N1CCC(C)(C)C1.I. The number of hydrogen-bond acceptors (Lipinski definition) is 3. The fourth-order valence-corrected chi connectivity index (χ4v) is 3.33. The molecule has 1 aliphatic rings. The second-order valence-electron chi connectivity index (χ2n) is 7.49. The Hall–Kier alpha value is -1.02. The predicted octanol–water partition coefficient (Wildman–Crippen LogP) is 3.22. The van der Waals surface area contributed by atoms with Crippen molar-refractivity contribution in [3.8, 4) is 5.75 Å². The molecule has 0 bridgehead atoms. The molecule has 1 saturated heterocycles. The molecule has 1 N–H and O–H groups in total. The van der Waals surface area contributed by atoms with E-state index in [1.807, 2.05) is 19.2 Å². The normalized spacial score (nSPS) is 18.0. The minimum atomic E-state index is 0. The Bertz CT molecular complexity index is 574. The van der Waals surface area contributed by atoms with Crippen LogP contribution >= 0.6 is 24.0 Å². The Balaban J connectivity index is 0.00000312. The van der Waals surface area contributed by atoms with Crippen molar-refractivity contribution in [2.75, 3.05) is 47.9 Å². The standard InChI is InChI=1S/C19H32N4O.HI/c1-19(2)11-12-23(14-19)18(20-3)21-13-16(22(4)5)15-9-7-8-10-17(15)24-6;/h7-10,16H,11-14H2,1-6H3,(H,20,21);1H. The quantitative estimate of drug-likeness (QED) is 0.416. The number of benzene rings is 1. The van der Waals surface area contributed by atoms with Crippen LogP contribution in [0.2, 0.25) is 0 Å². The highest BCUT2D eigenvalue weighted by molar-refractivity contribution is 14.0. The molecule has 1 aromatic rings. The Kier molecular flexibility index (Phi) is 8.47. The molecule has 0 saturated carbocycles. The lowest BCUT2D eigenvalue weighted by atomic mass is 9.93. The summed E-state index contributed by atoms with van der Waals surface area (Å²) in [7, 11) is 7.78. The number of ether oxygens (including phenoxy) is 1. The van der Waals surface area contributed by atoms with Crippen LogP contribution in [-0.2, 0) is 0 Å². The van der Waals surface area contributed by atoms with Gasteiger partial charge in [-0.15, -0.1) is 24.0 Å². The lowest BCUT2D eigenvalue weighted by molar-refractivity contribution is 0.284. The lowest BCUT2D eigenvalue weighted by Gasteiger charge is -2.29. The van der Waals surface area contributed by atoms with Crippen LogP contribution in [0.1, 0.15) is 31.9 Å². The number of methoxy groups -OCH3 is 1. The Morgan fingerprint density at radius 2 is 2.04 bits per heavy atom. The number of halogens is 1. The van der Waals surface area contributed by atoms with Gasteiger partial charge in [-0.25, -0.2) is 0 Å². The summed E-state index contributed by atoms with van der Waals surface area (Å²) in [5.41, 5.74) is 1.55. The molecule has 25 heavy (non-hydrogen) atoms. The van der Waals surface area contributed by atoms with Crippen LogP contribution in [0.15, 0.2) is 29.3 Å². The summed E-state index contributed by atoms with van der Waals surface area (Å²) in [6, 6.07) is 8.43. The van der Waals surface area contributed by atoms with Crippen LogP contribution in [0.5, 0.6) is 5.75 Å². The molecule has 0 radical (unpaired) electrons. The molecule has 0 spiro atoms. The zero-order valence-electron chi connectivity index (χ0n) is 16.4. The number of nitrogens with one attached hydrogen (secondary N) is 1. The van der Waals surface area contributed by atoms with Gasteiger partial charge in [0.1, 0.15) is 5.75 Å². The van der Waals surface area contributed by atoms with Crippen LogP contribution < -0.4 is 10.1 Å². The van der Waals surface area contributed by atoms with E-state index < -0.39 is 0 Å². The van der Waals surface area contributed by atoms with E-state index in [0.717, 1.165) is 31.3 Å². The molecule has 1 unspecified atom stereocenters. The molecule has 6 heteroatoms. The topological polar surface area (TPSA) is 40.1 Å². The van der Waals surface area contributed by atoms with Crippen molar-refractivity contribution in [2.24, 2.45) is 10.4 Å². The third-order valence-corrected chi connectivity index (χ3v) is 4.76. The molecule has 0 aromatic heterocycles. The molecular weight excluding hydrogens is 427 g/mol. The maximum absolute atomic E-state index is 5.54. The van der Waals surface area contributed by atoms with E-state index in [4.69, 9.17) is 4.74 Å². The lowest BCUT2D eigenvalue weighted by Crippen LogP contribution is -2.44. The average Bonchev–Trinajstić information content (AvgIpc) is 2.91. The van der Waals surface area contributed by atoms with Gasteiger partial charge in [-0.3, -0.25) is 4.99 Å². The van der Waals surface area contributed by atoms with E-state index in [2.05, 4.69) is 60.2 Å². The summed E-state index contributed by atoms with van der Waals surface area (Å²) in [6.45, 7) is 7.54. The van der Waals surface area contributed by atoms with E-state index >= 15 is 0 Å². The number of likely N-dealkylation sites (N-methyl/N-ethyl adjacent to an activating group) is 1. The Labute approximate surface area is 169 Å². The number of likely N-dealkylation sites (tertiary alicyclic amines) is 1. The highest BCUT2D eigenvalue weighted by atomic mass is 127. The van der Waals surface area contributed by atoms with Gasteiger partial charge in [-0.05, 0) is 32.0 Å². The molecule has 1 aliphatic heterocycles. The summed E-state index contributed by atoms with van der Waals surface area (Å²) in [5.74, 6) is 1.91. The van der Waals surface area contributed by atoms with E-state index in [1.165, 1.54) is 12.0 Å². The van der Waals surface area contributed by atoms with Crippen LogP contribution in [0.4, 0.5) is 0 Å². The van der Waals surface area contributed by atoms with Gasteiger partial charge in [0.25, 0.3) is 0 Å². The summed E-state index contributed by atoms with van der Waals surface area (Å²) in [4.78, 5) is 9.06. The number of guanidine groups is 1. The molecule has 0 aliphatic carbocycles. The molecule has 142 valence electrons. The maximum Gasteiger partial charge on any atom is 0.193 e. The zero-order chi connectivity index (χ0) is 17.7. The van der Waals surface area contributed by atoms with Crippen molar-refractivity contribution in [3.05, 3.63) is 29.8 Å². The van der Waals surface area contributed by atoms with E-state index in [9.17, 15) is 0 Å². The van der Waals surface area contributed by atoms with Crippen LogP contribution in [-0.4, -0.2) is 63.6 Å². The number of aliphatic imine (C=N–C) groups is 1. The van der Waals surface area contributed by atoms with Crippen LogP contribution in [0.3, 0.4) is 0 Å². The summed E-state index contributed by atoms with van der Waals surface area (Å²) >= 11 is 0. The van der Waals surface area contributed by atoms with Gasteiger partial charge in [-0.2, -0.15) is 0 Å². The number of hydrogen-bond donors (Lipinski definition) is 1. The summed E-state index contributed by atoms with van der Waals surface area (Å²) < 4.78 is 5.54. The number of nitrogens with zero attached hydrogens (tertiary/aromatic N) is 3. The zero-order valence-corrected chi connectivity index (χ0v) is 18.7. The Morgan fingerprint density at radius 1 is 1.36 bits per heavy atom. The van der Waals surface area contributed by atoms with Crippen molar-refractivity contribution in [1.29, 1.82) is 0 Å². The van der Waals surface area contributed by atoms with Crippen LogP contribution in [0.25, 0.3) is 0 Å². The van der Waals surface area contributed by atoms with Gasteiger partial charge in [0.05, 0.1) is 13.2 Å². The first-order valence-electron chi connectivity index (χ1n) is 8.63. The van der Waals surface area contributed by atoms with Gasteiger partial charge < -0.3 is 19.9 Å². The molecule has 0 amide bonds. The van der Waals surface area contributed by atoms with Gasteiger partial charge in [0.15, 0.2) is 5.96 Å². The van der Waals surface area contributed by atoms with Crippen molar-refractivity contribution < 1.29 is 4.74 Å². The highest BCUT2D eigenvalue weighted by Gasteiger charge is 2.31. The monoisotopic (exact) mass is 460 g/mol. The van der Waals surface area contributed by atoms with Crippen LogP contribution in [0, 0.1) is 5.41 Å². The molecule has 1 aromatic carbocycles. The highest BCUT2D eigenvalue weighted by Crippen LogP contribution is 2.29. The van der Waals surface area contributed by atoms with Gasteiger partial charge in [-0.1, -0.05) is 32.0 Å². The molecule has 2 rings (SSSR count). The minimum Gasteiger partial charge on any atom is -0.496 e. The predicted molar refractivity (Wildman–Crippen MR) is 116 cm³/mol.